The van der Waals surface area contributed by atoms with Crippen molar-refractivity contribution in [2.75, 3.05) is 31.1 Å². The van der Waals surface area contributed by atoms with Crippen molar-refractivity contribution in [3.63, 3.8) is 0 Å². The third-order valence-electron chi connectivity index (χ3n) is 5.73. The van der Waals surface area contributed by atoms with Crippen LogP contribution in [0, 0.1) is 5.92 Å². The van der Waals surface area contributed by atoms with Crippen molar-refractivity contribution in [3.8, 4) is 0 Å². The van der Waals surface area contributed by atoms with E-state index in [0.717, 1.165) is 68.3 Å². The number of carbonyl (C=O) groups is 1. The first-order valence-corrected chi connectivity index (χ1v) is 9.87. The van der Waals surface area contributed by atoms with Crippen molar-refractivity contribution in [2.24, 2.45) is 5.92 Å². The second-order valence-corrected chi connectivity index (χ2v) is 7.73. The molecule has 5 heteroatoms. The molecule has 2 fully saturated rings. The fraction of sp³-hybridized carbons (Fsp3) is 0.524. The van der Waals surface area contributed by atoms with Crippen LogP contribution < -0.4 is 4.90 Å². The number of benzene rings is 1. The number of hydrogen-bond acceptors (Lipinski definition) is 3. The molecule has 1 aliphatic carbocycles. The summed E-state index contributed by atoms with van der Waals surface area (Å²) in [6.07, 6.45) is 7.52. The zero-order chi connectivity index (χ0) is 17.9. The van der Waals surface area contributed by atoms with Crippen LogP contribution in [-0.4, -0.2) is 47.0 Å². The third-order valence-corrected chi connectivity index (χ3v) is 5.73. The highest BCUT2D eigenvalue weighted by Crippen LogP contribution is 2.27. The van der Waals surface area contributed by atoms with E-state index in [1.54, 1.807) is 0 Å². The zero-order valence-electron chi connectivity index (χ0n) is 15.6. The highest BCUT2D eigenvalue weighted by molar-refractivity contribution is 5.88. The number of imidazole rings is 1. The molecule has 0 radical (unpaired) electrons. The lowest BCUT2D eigenvalue weighted by atomic mass is 9.87. The van der Waals surface area contributed by atoms with E-state index in [1.165, 1.54) is 18.4 Å². The average molecular weight is 352 g/mol. The van der Waals surface area contributed by atoms with E-state index in [2.05, 4.69) is 22.9 Å². The van der Waals surface area contributed by atoms with Gasteiger partial charge in [-0.1, -0.05) is 24.6 Å². The van der Waals surface area contributed by atoms with Crippen LogP contribution in [0.1, 0.15) is 39.0 Å². The SMILES string of the molecule is CC1CCC(=CC(=O)N2CCCN(c3nc4ccccc4[nH]3)CC2)CC1. The molecular weight excluding hydrogens is 324 g/mol. The number of nitrogens with zero attached hydrogens (tertiary/aromatic N) is 3. The second kappa shape index (κ2) is 7.52. The van der Waals surface area contributed by atoms with Gasteiger partial charge in [-0.2, -0.15) is 0 Å². The summed E-state index contributed by atoms with van der Waals surface area (Å²) < 4.78 is 0. The van der Waals surface area contributed by atoms with Crippen molar-refractivity contribution in [2.45, 2.75) is 39.0 Å². The van der Waals surface area contributed by atoms with Gasteiger partial charge in [-0.05, 0) is 50.2 Å². The summed E-state index contributed by atoms with van der Waals surface area (Å²) in [5, 5.41) is 0. The van der Waals surface area contributed by atoms with Gasteiger partial charge in [0.2, 0.25) is 11.9 Å². The number of aromatic nitrogens is 2. The van der Waals surface area contributed by atoms with Crippen molar-refractivity contribution in [1.29, 1.82) is 0 Å². The molecule has 0 spiro atoms. The number of H-pyrrole nitrogens is 1. The molecule has 1 aromatic heterocycles. The summed E-state index contributed by atoms with van der Waals surface area (Å²) in [7, 11) is 0. The van der Waals surface area contributed by atoms with Crippen LogP contribution in [0.25, 0.3) is 11.0 Å². The molecule has 1 amide bonds. The van der Waals surface area contributed by atoms with Crippen LogP contribution in [-0.2, 0) is 4.79 Å². The van der Waals surface area contributed by atoms with Gasteiger partial charge in [-0.15, -0.1) is 0 Å². The first-order chi connectivity index (χ1) is 12.7. The average Bonchev–Trinajstić information content (AvgIpc) is 2.92. The Morgan fingerprint density at radius 1 is 1.15 bits per heavy atom. The summed E-state index contributed by atoms with van der Waals surface area (Å²) in [5.41, 5.74) is 3.40. The largest absolute Gasteiger partial charge is 0.341 e. The smallest absolute Gasteiger partial charge is 0.246 e. The standard InChI is InChI=1S/C21H28N4O/c1-16-7-9-17(10-8-16)15-20(26)24-11-4-12-25(14-13-24)21-22-18-5-2-3-6-19(18)23-21/h2-3,5-6,15-16H,4,7-14H2,1H3,(H,22,23). The molecule has 1 aliphatic heterocycles. The molecule has 5 nitrogen and oxygen atoms in total. The monoisotopic (exact) mass is 352 g/mol. The molecule has 2 heterocycles. The lowest BCUT2D eigenvalue weighted by molar-refractivity contribution is -0.125. The second-order valence-electron chi connectivity index (χ2n) is 7.73. The minimum Gasteiger partial charge on any atom is -0.341 e. The van der Waals surface area contributed by atoms with Crippen molar-refractivity contribution >= 4 is 22.9 Å². The molecule has 0 atom stereocenters. The minimum absolute atomic E-state index is 0.195. The maximum atomic E-state index is 12.7. The van der Waals surface area contributed by atoms with Gasteiger partial charge in [0.15, 0.2) is 0 Å². The summed E-state index contributed by atoms with van der Waals surface area (Å²) in [5.74, 6) is 1.92. The van der Waals surface area contributed by atoms with Crippen LogP contribution in [0.5, 0.6) is 0 Å². The van der Waals surface area contributed by atoms with E-state index in [4.69, 9.17) is 4.98 Å². The Labute approximate surface area is 155 Å². The molecule has 1 N–H and O–H groups in total. The first kappa shape index (κ1) is 17.1. The van der Waals surface area contributed by atoms with Crippen molar-refractivity contribution in [3.05, 3.63) is 35.9 Å². The number of fused-ring (bicyclic) bond motifs is 1. The maximum absolute atomic E-state index is 12.7. The lowest BCUT2D eigenvalue weighted by Crippen LogP contribution is -2.34. The third kappa shape index (κ3) is 3.76. The van der Waals surface area contributed by atoms with E-state index in [0.29, 0.717) is 0 Å². The van der Waals surface area contributed by atoms with Gasteiger partial charge in [-0.3, -0.25) is 4.79 Å². The van der Waals surface area contributed by atoms with Gasteiger partial charge in [0.05, 0.1) is 11.0 Å². The number of anilines is 1. The van der Waals surface area contributed by atoms with E-state index >= 15 is 0 Å². The van der Waals surface area contributed by atoms with Crippen LogP contribution in [0.3, 0.4) is 0 Å². The molecule has 2 aromatic rings. The van der Waals surface area contributed by atoms with E-state index in [-0.39, 0.29) is 5.91 Å². The highest BCUT2D eigenvalue weighted by Gasteiger charge is 2.21. The summed E-state index contributed by atoms with van der Waals surface area (Å²) >= 11 is 0. The zero-order valence-corrected chi connectivity index (χ0v) is 15.6. The van der Waals surface area contributed by atoms with E-state index in [9.17, 15) is 4.79 Å². The molecule has 0 bridgehead atoms. The van der Waals surface area contributed by atoms with Gasteiger partial charge in [0.1, 0.15) is 0 Å². The Morgan fingerprint density at radius 2 is 1.96 bits per heavy atom. The van der Waals surface area contributed by atoms with Gasteiger partial charge in [0, 0.05) is 32.3 Å². The Bertz CT molecular complexity index is 766. The van der Waals surface area contributed by atoms with Gasteiger partial charge in [-0.25, -0.2) is 4.98 Å². The fourth-order valence-electron chi connectivity index (χ4n) is 3.98. The Morgan fingerprint density at radius 3 is 2.77 bits per heavy atom. The quantitative estimate of drug-likeness (QED) is 0.838. The van der Waals surface area contributed by atoms with Crippen LogP contribution in [0.2, 0.25) is 0 Å². The van der Waals surface area contributed by atoms with E-state index < -0.39 is 0 Å². The molecule has 1 aromatic carbocycles. The number of hydrogen-bond donors (Lipinski definition) is 1. The number of amides is 1. The summed E-state index contributed by atoms with van der Waals surface area (Å²) in [4.78, 5) is 25.1. The highest BCUT2D eigenvalue weighted by atomic mass is 16.2. The van der Waals surface area contributed by atoms with E-state index in [1.807, 2.05) is 29.2 Å². The topological polar surface area (TPSA) is 52.2 Å². The number of allylic oxidation sites excluding steroid dienone is 1. The predicted octanol–water partition coefficient (Wildman–Crippen LogP) is 3.74. The molecule has 138 valence electrons. The fourth-order valence-corrected chi connectivity index (χ4v) is 3.98. The molecule has 2 aliphatic rings. The Hall–Kier alpha value is -2.30. The number of rotatable bonds is 2. The van der Waals surface area contributed by atoms with Gasteiger partial charge < -0.3 is 14.8 Å². The number of para-hydroxylation sites is 2. The molecule has 0 unspecified atom stereocenters. The predicted molar refractivity (Wildman–Crippen MR) is 105 cm³/mol. The molecule has 4 rings (SSSR count). The Balaban J connectivity index is 1.40. The maximum Gasteiger partial charge on any atom is 0.246 e. The molecule has 1 saturated carbocycles. The molecule has 26 heavy (non-hydrogen) atoms. The summed E-state index contributed by atoms with van der Waals surface area (Å²) in [6.45, 7) is 5.65. The van der Waals surface area contributed by atoms with Crippen molar-refractivity contribution in [1.82, 2.24) is 14.9 Å². The normalized spacial score (nSPS) is 21.7. The molecule has 1 saturated heterocycles. The Kier molecular flexibility index (Phi) is 4.96. The number of aromatic amines is 1. The number of nitrogens with one attached hydrogen (secondary N) is 1. The van der Waals surface area contributed by atoms with Crippen LogP contribution in [0.4, 0.5) is 5.95 Å². The number of carbonyl (C=O) groups excluding carboxylic acids is 1. The van der Waals surface area contributed by atoms with Crippen LogP contribution in [0.15, 0.2) is 35.9 Å². The van der Waals surface area contributed by atoms with Gasteiger partial charge in [0.25, 0.3) is 0 Å². The van der Waals surface area contributed by atoms with Crippen LogP contribution >= 0.6 is 0 Å². The summed E-state index contributed by atoms with van der Waals surface area (Å²) in [6, 6.07) is 8.11. The molecular formula is C21H28N4O. The lowest BCUT2D eigenvalue weighted by Gasteiger charge is -2.23. The minimum atomic E-state index is 0.195. The van der Waals surface area contributed by atoms with Crippen molar-refractivity contribution < 1.29 is 4.79 Å². The first-order valence-electron chi connectivity index (χ1n) is 9.87. The van der Waals surface area contributed by atoms with Gasteiger partial charge >= 0.3 is 0 Å².